The number of carbonyl (C=O) groups excluding carboxylic acids is 1. The summed E-state index contributed by atoms with van der Waals surface area (Å²) in [6.07, 6.45) is -0.970. The summed E-state index contributed by atoms with van der Waals surface area (Å²) >= 11 is 12.6. The Morgan fingerprint density at radius 2 is 2.23 bits per heavy atom. The molecule has 0 radical (unpaired) electrons. The van der Waals surface area contributed by atoms with Crippen molar-refractivity contribution in [1.82, 2.24) is 15.3 Å². The molecule has 1 fully saturated rings. The molecule has 1 aliphatic heterocycles. The molecule has 3 rings (SSSR count). The van der Waals surface area contributed by atoms with Crippen molar-refractivity contribution < 1.29 is 19.1 Å². The van der Waals surface area contributed by atoms with Crippen molar-refractivity contribution in [2.45, 2.75) is 25.6 Å². The number of thiazole rings is 1. The molecule has 11 heteroatoms. The molecule has 0 unspecified atom stereocenters. The van der Waals surface area contributed by atoms with E-state index in [1.807, 2.05) is 0 Å². The van der Waals surface area contributed by atoms with Crippen LogP contribution >= 0.6 is 34.5 Å². The van der Waals surface area contributed by atoms with Crippen LogP contribution in [0.25, 0.3) is 0 Å². The minimum absolute atomic E-state index is 0.0171. The van der Waals surface area contributed by atoms with E-state index in [-0.39, 0.29) is 27.3 Å². The van der Waals surface area contributed by atoms with Crippen LogP contribution < -0.4 is 10.2 Å². The summed E-state index contributed by atoms with van der Waals surface area (Å²) in [6, 6.07) is 0.715. The number of anilines is 1. The van der Waals surface area contributed by atoms with E-state index in [9.17, 15) is 14.0 Å². The smallest absolute Gasteiger partial charge is 0.347 e. The number of aromatic nitrogens is 2. The van der Waals surface area contributed by atoms with Gasteiger partial charge in [0.05, 0.1) is 23.3 Å². The summed E-state index contributed by atoms with van der Waals surface area (Å²) in [5.74, 6) is -1.54. The fourth-order valence-electron chi connectivity index (χ4n) is 2.73. The zero-order valence-electron chi connectivity index (χ0n) is 13.6. The molecule has 3 heterocycles. The van der Waals surface area contributed by atoms with Crippen LogP contribution in [-0.4, -0.2) is 52.3 Å². The molecule has 0 bridgehead atoms. The Hall–Kier alpha value is -1.84. The van der Waals surface area contributed by atoms with Gasteiger partial charge in [0.1, 0.15) is 21.9 Å². The third kappa shape index (κ3) is 3.79. The summed E-state index contributed by atoms with van der Waals surface area (Å²) in [4.78, 5) is 32.0. The third-order valence-corrected chi connectivity index (χ3v) is 5.98. The number of H-pyrrole nitrogens is 1. The van der Waals surface area contributed by atoms with Gasteiger partial charge in [0.25, 0.3) is 5.91 Å². The predicted molar refractivity (Wildman–Crippen MR) is 97.6 cm³/mol. The second-order valence-corrected chi connectivity index (χ2v) is 7.65. The van der Waals surface area contributed by atoms with E-state index in [0.29, 0.717) is 23.8 Å². The summed E-state index contributed by atoms with van der Waals surface area (Å²) < 4.78 is 14.6. The van der Waals surface area contributed by atoms with E-state index in [1.54, 1.807) is 11.8 Å². The van der Waals surface area contributed by atoms with Crippen LogP contribution in [0.2, 0.25) is 10.2 Å². The third-order valence-electron chi connectivity index (χ3n) is 4.08. The lowest BCUT2D eigenvalue weighted by Crippen LogP contribution is -2.52. The Kier molecular flexibility index (Phi) is 5.40. The number of aryl methyl sites for hydroxylation is 1. The molecule has 0 aromatic carbocycles. The lowest BCUT2D eigenvalue weighted by molar-refractivity contribution is 0.0700. The molecular formula is C15H15Cl2FN4O3S. The van der Waals surface area contributed by atoms with Crippen molar-refractivity contribution in [3.05, 3.63) is 32.5 Å². The first-order valence-corrected chi connectivity index (χ1v) is 9.28. The number of nitrogens with zero attached hydrogens (tertiary/aromatic N) is 2. The topological polar surface area (TPSA) is 98.3 Å². The van der Waals surface area contributed by atoms with Crippen molar-refractivity contribution in [2.75, 3.05) is 18.0 Å². The van der Waals surface area contributed by atoms with Crippen LogP contribution in [0.5, 0.6) is 0 Å². The SMILES string of the molecule is Cc1nc(N2CC[C@@H](NC(=O)c3cc(Cl)c(Cl)[nH]3)[C@@H](F)C2)sc1C(=O)O. The highest BCUT2D eigenvalue weighted by Gasteiger charge is 2.32. The normalized spacial score (nSPS) is 20.2. The van der Waals surface area contributed by atoms with Crippen LogP contribution in [0.15, 0.2) is 6.07 Å². The summed E-state index contributed by atoms with van der Waals surface area (Å²) in [5.41, 5.74) is 0.570. The number of amides is 1. The number of hydrogen-bond donors (Lipinski definition) is 3. The molecule has 0 spiro atoms. The van der Waals surface area contributed by atoms with Crippen molar-refractivity contribution in [3.63, 3.8) is 0 Å². The van der Waals surface area contributed by atoms with Crippen LogP contribution in [-0.2, 0) is 0 Å². The number of rotatable bonds is 4. The zero-order valence-corrected chi connectivity index (χ0v) is 15.9. The van der Waals surface area contributed by atoms with E-state index in [4.69, 9.17) is 28.3 Å². The largest absolute Gasteiger partial charge is 0.477 e. The fourth-order valence-corrected chi connectivity index (χ4v) is 3.98. The molecule has 0 saturated carbocycles. The molecule has 2 aromatic rings. The van der Waals surface area contributed by atoms with Gasteiger partial charge in [-0.25, -0.2) is 14.2 Å². The molecule has 7 nitrogen and oxygen atoms in total. The maximum Gasteiger partial charge on any atom is 0.347 e. The van der Waals surface area contributed by atoms with Gasteiger partial charge in [-0.1, -0.05) is 34.5 Å². The van der Waals surface area contributed by atoms with Crippen LogP contribution in [0.4, 0.5) is 9.52 Å². The van der Waals surface area contributed by atoms with Crippen molar-refractivity contribution in [2.24, 2.45) is 0 Å². The number of nitrogens with one attached hydrogen (secondary N) is 2. The lowest BCUT2D eigenvalue weighted by Gasteiger charge is -2.34. The lowest BCUT2D eigenvalue weighted by atomic mass is 10.0. The first kappa shape index (κ1) is 18.9. The summed E-state index contributed by atoms with van der Waals surface area (Å²) in [5, 5.41) is 12.6. The van der Waals surface area contributed by atoms with Gasteiger partial charge in [-0.3, -0.25) is 4.79 Å². The van der Waals surface area contributed by atoms with E-state index in [2.05, 4.69) is 15.3 Å². The van der Waals surface area contributed by atoms with E-state index in [1.165, 1.54) is 6.07 Å². The number of carbonyl (C=O) groups is 2. The number of aromatic carboxylic acids is 1. The standard InChI is InChI=1S/C15H15Cl2FN4O3S/c1-6-11(14(24)25)26-15(19-6)22-3-2-9(8(18)5-22)21-13(23)10-4-7(16)12(17)20-10/h4,8-9,20H,2-3,5H2,1H3,(H,21,23)(H,24,25)/t8-,9+/m0/s1. The number of carboxylic acid groups (broad SMARTS) is 1. The van der Waals surface area contributed by atoms with Gasteiger partial charge in [-0.15, -0.1) is 0 Å². The quantitative estimate of drug-likeness (QED) is 0.705. The Morgan fingerprint density at radius 1 is 1.50 bits per heavy atom. The summed E-state index contributed by atoms with van der Waals surface area (Å²) in [6.45, 7) is 2.07. The van der Waals surface area contributed by atoms with Crippen molar-refractivity contribution >= 4 is 51.5 Å². The highest BCUT2D eigenvalue weighted by Crippen LogP contribution is 2.29. The van der Waals surface area contributed by atoms with Gasteiger partial charge < -0.3 is 20.3 Å². The van der Waals surface area contributed by atoms with Gasteiger partial charge in [0.2, 0.25) is 0 Å². The van der Waals surface area contributed by atoms with Gasteiger partial charge in [0.15, 0.2) is 5.13 Å². The maximum atomic E-state index is 14.6. The fraction of sp³-hybridized carbons (Fsp3) is 0.400. The van der Waals surface area contributed by atoms with Gasteiger partial charge in [0, 0.05) is 6.54 Å². The molecule has 26 heavy (non-hydrogen) atoms. The minimum Gasteiger partial charge on any atom is -0.477 e. The molecule has 140 valence electrons. The number of piperidine rings is 1. The Morgan fingerprint density at radius 3 is 2.77 bits per heavy atom. The average molecular weight is 421 g/mol. The number of aromatic amines is 1. The molecule has 2 aromatic heterocycles. The molecule has 2 atom stereocenters. The van der Waals surface area contributed by atoms with Crippen LogP contribution in [0.1, 0.15) is 32.3 Å². The molecule has 1 amide bonds. The van der Waals surface area contributed by atoms with E-state index in [0.717, 1.165) is 11.3 Å². The van der Waals surface area contributed by atoms with Crippen molar-refractivity contribution in [3.8, 4) is 0 Å². The highest BCUT2D eigenvalue weighted by molar-refractivity contribution is 7.17. The Labute approximate surface area is 162 Å². The Balaban J connectivity index is 1.64. The minimum atomic E-state index is -1.33. The molecule has 0 aliphatic carbocycles. The highest BCUT2D eigenvalue weighted by atomic mass is 35.5. The maximum absolute atomic E-state index is 14.6. The Bertz CT molecular complexity index is 837. The molecule has 3 N–H and O–H groups in total. The van der Waals surface area contributed by atoms with E-state index < -0.39 is 24.1 Å². The van der Waals surface area contributed by atoms with Crippen molar-refractivity contribution in [1.29, 1.82) is 0 Å². The molecule has 1 saturated heterocycles. The van der Waals surface area contributed by atoms with Gasteiger partial charge in [-0.2, -0.15) is 0 Å². The first-order chi connectivity index (χ1) is 12.3. The van der Waals surface area contributed by atoms with Crippen LogP contribution in [0.3, 0.4) is 0 Å². The van der Waals surface area contributed by atoms with E-state index >= 15 is 0 Å². The van der Waals surface area contributed by atoms with Gasteiger partial charge >= 0.3 is 5.97 Å². The molecular weight excluding hydrogens is 406 g/mol. The second-order valence-electron chi connectivity index (χ2n) is 5.89. The average Bonchev–Trinajstić information content (AvgIpc) is 3.12. The predicted octanol–water partition coefficient (Wildman–Crippen LogP) is 3.13. The van der Waals surface area contributed by atoms with Gasteiger partial charge in [-0.05, 0) is 19.4 Å². The second kappa shape index (κ2) is 7.42. The molecule has 1 aliphatic rings. The number of alkyl halides is 1. The first-order valence-electron chi connectivity index (χ1n) is 7.71. The number of halogens is 3. The monoisotopic (exact) mass is 420 g/mol. The number of hydrogen-bond acceptors (Lipinski definition) is 5. The van der Waals surface area contributed by atoms with Crippen LogP contribution in [0, 0.1) is 6.92 Å². The summed E-state index contributed by atoms with van der Waals surface area (Å²) in [7, 11) is 0. The number of carboxylic acids is 1. The zero-order chi connectivity index (χ0) is 19.0.